The third-order valence-corrected chi connectivity index (χ3v) is 2.53. The van der Waals surface area contributed by atoms with Crippen LogP contribution in [0.2, 0.25) is 0 Å². The van der Waals surface area contributed by atoms with Gasteiger partial charge < -0.3 is 5.32 Å². The molecule has 84 valence electrons. The molecule has 1 heterocycles. The molecule has 0 radical (unpaired) electrons. The lowest BCUT2D eigenvalue weighted by molar-refractivity contribution is -0.146. The maximum absolute atomic E-state index is 12.1. The summed E-state index contributed by atoms with van der Waals surface area (Å²) in [5.74, 6) is 0.386. The Bertz CT molecular complexity index is 164. The average molecular weight is 210 g/mol. The number of hydrogen-bond donors (Lipinski definition) is 1. The number of hydrogen-bond acceptors (Lipinski definition) is 2. The van der Waals surface area contributed by atoms with Crippen molar-refractivity contribution in [2.75, 3.05) is 32.7 Å². The van der Waals surface area contributed by atoms with E-state index in [0.717, 1.165) is 19.5 Å². The zero-order valence-electron chi connectivity index (χ0n) is 8.40. The van der Waals surface area contributed by atoms with Crippen molar-refractivity contribution >= 4 is 0 Å². The lowest BCUT2D eigenvalue weighted by Gasteiger charge is -2.24. The van der Waals surface area contributed by atoms with Gasteiger partial charge in [-0.15, -0.1) is 0 Å². The van der Waals surface area contributed by atoms with E-state index < -0.39 is 12.7 Å². The van der Waals surface area contributed by atoms with E-state index in [0.29, 0.717) is 19.0 Å². The zero-order valence-corrected chi connectivity index (χ0v) is 8.40. The van der Waals surface area contributed by atoms with Crippen LogP contribution < -0.4 is 5.32 Å². The van der Waals surface area contributed by atoms with Gasteiger partial charge in [-0.25, -0.2) is 0 Å². The highest BCUT2D eigenvalue weighted by atomic mass is 19.4. The average Bonchev–Trinajstić information content (AvgIpc) is 2.53. The van der Waals surface area contributed by atoms with Crippen LogP contribution in [0.25, 0.3) is 0 Å². The fourth-order valence-corrected chi connectivity index (χ4v) is 1.79. The summed E-state index contributed by atoms with van der Waals surface area (Å²) in [6.07, 6.45) is -3.07. The maximum Gasteiger partial charge on any atom is 0.401 e. The van der Waals surface area contributed by atoms with Gasteiger partial charge in [-0.3, -0.25) is 4.90 Å². The summed E-state index contributed by atoms with van der Waals surface area (Å²) >= 11 is 0. The molecule has 14 heavy (non-hydrogen) atoms. The Morgan fingerprint density at radius 3 is 2.57 bits per heavy atom. The van der Waals surface area contributed by atoms with Gasteiger partial charge in [0.2, 0.25) is 0 Å². The number of halogens is 3. The SMILES string of the molecule is CCN(C[C@H]1CCNC1)CC(F)(F)F. The molecule has 0 amide bonds. The van der Waals surface area contributed by atoms with Crippen LogP contribution in [0.4, 0.5) is 13.2 Å². The highest BCUT2D eigenvalue weighted by molar-refractivity contribution is 4.75. The van der Waals surface area contributed by atoms with E-state index in [4.69, 9.17) is 0 Å². The van der Waals surface area contributed by atoms with Gasteiger partial charge in [0.25, 0.3) is 0 Å². The summed E-state index contributed by atoms with van der Waals surface area (Å²) in [6, 6.07) is 0. The Hall–Kier alpha value is -0.290. The van der Waals surface area contributed by atoms with Gasteiger partial charge in [-0.2, -0.15) is 13.2 Å². The Labute approximate surface area is 82.5 Å². The van der Waals surface area contributed by atoms with Crippen LogP contribution >= 0.6 is 0 Å². The predicted molar refractivity (Wildman–Crippen MR) is 49.1 cm³/mol. The smallest absolute Gasteiger partial charge is 0.316 e. The molecule has 0 aliphatic carbocycles. The van der Waals surface area contributed by atoms with E-state index in [1.54, 1.807) is 6.92 Å². The summed E-state index contributed by atoms with van der Waals surface area (Å²) in [5.41, 5.74) is 0. The quantitative estimate of drug-likeness (QED) is 0.756. The molecule has 0 unspecified atom stereocenters. The fraction of sp³-hybridized carbons (Fsp3) is 1.00. The molecule has 0 aromatic heterocycles. The van der Waals surface area contributed by atoms with Crippen LogP contribution in [0.5, 0.6) is 0 Å². The fourth-order valence-electron chi connectivity index (χ4n) is 1.79. The van der Waals surface area contributed by atoms with Crippen LogP contribution in [-0.4, -0.2) is 43.8 Å². The van der Waals surface area contributed by atoms with Gasteiger partial charge >= 0.3 is 6.18 Å². The largest absolute Gasteiger partial charge is 0.401 e. The van der Waals surface area contributed by atoms with E-state index >= 15 is 0 Å². The van der Waals surface area contributed by atoms with E-state index in [1.165, 1.54) is 4.90 Å². The van der Waals surface area contributed by atoms with Crippen LogP contribution in [0.15, 0.2) is 0 Å². The molecule has 0 spiro atoms. The minimum Gasteiger partial charge on any atom is -0.316 e. The summed E-state index contributed by atoms with van der Waals surface area (Å²) in [5, 5.41) is 3.16. The van der Waals surface area contributed by atoms with Gasteiger partial charge in [0.15, 0.2) is 0 Å². The van der Waals surface area contributed by atoms with Gasteiger partial charge in [0.05, 0.1) is 6.54 Å². The highest BCUT2D eigenvalue weighted by Gasteiger charge is 2.31. The van der Waals surface area contributed by atoms with Crippen LogP contribution in [-0.2, 0) is 0 Å². The minimum absolute atomic E-state index is 0.386. The molecule has 1 fully saturated rings. The Kier molecular flexibility index (Phi) is 4.19. The number of nitrogens with zero attached hydrogens (tertiary/aromatic N) is 1. The van der Waals surface area contributed by atoms with E-state index in [2.05, 4.69) is 5.32 Å². The Morgan fingerprint density at radius 1 is 1.43 bits per heavy atom. The number of alkyl halides is 3. The number of nitrogens with one attached hydrogen (secondary N) is 1. The van der Waals surface area contributed by atoms with Crippen LogP contribution in [0, 0.1) is 5.92 Å². The molecule has 0 aromatic rings. The first-order valence-electron chi connectivity index (χ1n) is 5.01. The predicted octanol–water partition coefficient (Wildman–Crippen LogP) is 1.48. The molecule has 1 aliphatic heterocycles. The van der Waals surface area contributed by atoms with Crippen molar-refractivity contribution in [1.29, 1.82) is 0 Å². The Balaban J connectivity index is 2.30. The van der Waals surface area contributed by atoms with E-state index in [-0.39, 0.29) is 0 Å². The third-order valence-electron chi connectivity index (χ3n) is 2.53. The van der Waals surface area contributed by atoms with Crippen molar-refractivity contribution < 1.29 is 13.2 Å². The first-order chi connectivity index (χ1) is 6.51. The van der Waals surface area contributed by atoms with Gasteiger partial charge in [-0.1, -0.05) is 6.92 Å². The summed E-state index contributed by atoms with van der Waals surface area (Å²) in [6.45, 7) is 3.82. The lowest BCUT2D eigenvalue weighted by Crippen LogP contribution is -2.37. The van der Waals surface area contributed by atoms with E-state index in [1.807, 2.05) is 0 Å². The molecular weight excluding hydrogens is 193 g/mol. The first kappa shape index (κ1) is 11.8. The second kappa shape index (κ2) is 4.98. The standard InChI is InChI=1S/C9H17F3N2/c1-2-14(7-9(10,11)12)6-8-3-4-13-5-8/h8,13H,2-7H2,1H3/t8-/m0/s1. The molecule has 1 saturated heterocycles. The van der Waals surface area contributed by atoms with Crippen LogP contribution in [0.1, 0.15) is 13.3 Å². The van der Waals surface area contributed by atoms with Crippen molar-refractivity contribution in [1.82, 2.24) is 10.2 Å². The summed E-state index contributed by atoms with van der Waals surface area (Å²) in [7, 11) is 0. The zero-order chi connectivity index (χ0) is 10.6. The second-order valence-corrected chi connectivity index (χ2v) is 3.80. The highest BCUT2D eigenvalue weighted by Crippen LogP contribution is 2.18. The van der Waals surface area contributed by atoms with Crippen molar-refractivity contribution in [3.05, 3.63) is 0 Å². The second-order valence-electron chi connectivity index (χ2n) is 3.80. The molecular formula is C9H17F3N2. The normalized spacial score (nSPS) is 23.4. The minimum atomic E-state index is -4.07. The first-order valence-corrected chi connectivity index (χ1v) is 5.01. The topological polar surface area (TPSA) is 15.3 Å². The summed E-state index contributed by atoms with van der Waals surface area (Å²) < 4.78 is 36.3. The van der Waals surface area contributed by atoms with Crippen molar-refractivity contribution in [2.24, 2.45) is 5.92 Å². The van der Waals surface area contributed by atoms with Crippen molar-refractivity contribution in [3.8, 4) is 0 Å². The molecule has 1 N–H and O–H groups in total. The summed E-state index contributed by atoms with van der Waals surface area (Å²) in [4.78, 5) is 1.47. The van der Waals surface area contributed by atoms with Crippen LogP contribution in [0.3, 0.4) is 0 Å². The van der Waals surface area contributed by atoms with Crippen molar-refractivity contribution in [3.63, 3.8) is 0 Å². The molecule has 5 heteroatoms. The molecule has 1 rings (SSSR count). The molecule has 0 saturated carbocycles. The monoisotopic (exact) mass is 210 g/mol. The molecule has 1 aliphatic rings. The number of rotatable bonds is 4. The van der Waals surface area contributed by atoms with Gasteiger partial charge in [-0.05, 0) is 32.0 Å². The van der Waals surface area contributed by atoms with Crippen molar-refractivity contribution in [2.45, 2.75) is 19.5 Å². The molecule has 2 nitrogen and oxygen atoms in total. The third kappa shape index (κ3) is 4.28. The molecule has 0 aromatic carbocycles. The lowest BCUT2D eigenvalue weighted by atomic mass is 10.1. The molecule has 1 atom stereocenters. The van der Waals surface area contributed by atoms with E-state index in [9.17, 15) is 13.2 Å². The van der Waals surface area contributed by atoms with Gasteiger partial charge in [0.1, 0.15) is 0 Å². The molecule has 0 bridgehead atoms. The van der Waals surface area contributed by atoms with Gasteiger partial charge in [0, 0.05) is 6.54 Å². The maximum atomic E-state index is 12.1. The Morgan fingerprint density at radius 2 is 2.14 bits per heavy atom.